The van der Waals surface area contributed by atoms with Crippen LogP contribution in [-0.4, -0.2) is 5.91 Å². The Morgan fingerprint density at radius 2 is 2.00 bits per heavy atom. The number of amides is 1. The van der Waals surface area contributed by atoms with Gasteiger partial charge in [0.25, 0.3) is 0 Å². The molecule has 1 atom stereocenters. The molecule has 1 saturated carbocycles. The summed E-state index contributed by atoms with van der Waals surface area (Å²) >= 11 is 0. The molecular weight excluding hydrogens is 176 g/mol. The van der Waals surface area contributed by atoms with Crippen molar-refractivity contribution in [3.05, 3.63) is 0 Å². The summed E-state index contributed by atoms with van der Waals surface area (Å²) in [6.45, 7) is 1.96. The Kier molecular flexibility index (Phi) is 5.25. The number of nitrogens with one attached hydrogen (secondary N) is 1. The molecule has 1 fully saturated rings. The van der Waals surface area contributed by atoms with Crippen molar-refractivity contribution in [3.63, 3.8) is 0 Å². The summed E-state index contributed by atoms with van der Waals surface area (Å²) in [6.07, 6.45) is 4.92. The molecule has 0 aromatic carbocycles. The van der Waals surface area contributed by atoms with Crippen molar-refractivity contribution >= 4 is 18.3 Å². The first-order valence-electron chi connectivity index (χ1n) is 4.26. The Labute approximate surface area is 79.5 Å². The van der Waals surface area contributed by atoms with Crippen molar-refractivity contribution < 1.29 is 4.79 Å². The lowest BCUT2D eigenvalue weighted by Gasteiger charge is -2.15. The first-order chi connectivity index (χ1) is 5.25. The minimum atomic E-state index is -0.0168. The summed E-state index contributed by atoms with van der Waals surface area (Å²) in [5, 5.41) is 0. The molecule has 1 aliphatic rings. The van der Waals surface area contributed by atoms with E-state index in [0.29, 0.717) is 5.92 Å². The molecule has 0 aliphatic heterocycles. The average molecular weight is 193 g/mol. The van der Waals surface area contributed by atoms with Gasteiger partial charge < -0.3 is 0 Å². The Balaban J connectivity index is 0.00000121. The smallest absolute Gasteiger partial charge is 0.236 e. The molecule has 0 bridgehead atoms. The normalized spacial score (nSPS) is 19.8. The number of halogens is 1. The van der Waals surface area contributed by atoms with Crippen LogP contribution in [0.3, 0.4) is 0 Å². The van der Waals surface area contributed by atoms with Crippen LogP contribution in [0.1, 0.15) is 32.6 Å². The predicted octanol–water partition coefficient (Wildman–Crippen LogP) is 1.22. The quantitative estimate of drug-likeness (QED) is 0.393. The number of rotatable bonds is 2. The van der Waals surface area contributed by atoms with Crippen LogP contribution < -0.4 is 11.3 Å². The highest BCUT2D eigenvalue weighted by molar-refractivity contribution is 5.85. The van der Waals surface area contributed by atoms with E-state index in [0.717, 1.165) is 0 Å². The molecule has 1 amide bonds. The molecule has 0 spiro atoms. The van der Waals surface area contributed by atoms with Crippen molar-refractivity contribution in [1.82, 2.24) is 5.43 Å². The Hall–Kier alpha value is -0.280. The summed E-state index contributed by atoms with van der Waals surface area (Å²) in [5.74, 6) is 5.69. The topological polar surface area (TPSA) is 55.1 Å². The van der Waals surface area contributed by atoms with E-state index in [9.17, 15) is 4.79 Å². The fourth-order valence-corrected chi connectivity index (χ4v) is 1.80. The number of hydrogen-bond donors (Lipinski definition) is 2. The largest absolute Gasteiger partial charge is 0.294 e. The third-order valence-corrected chi connectivity index (χ3v) is 2.66. The van der Waals surface area contributed by atoms with Crippen LogP contribution in [0.2, 0.25) is 0 Å². The predicted molar refractivity (Wildman–Crippen MR) is 50.7 cm³/mol. The molecule has 1 rings (SSSR count). The van der Waals surface area contributed by atoms with Gasteiger partial charge in [0.1, 0.15) is 0 Å². The van der Waals surface area contributed by atoms with Crippen LogP contribution in [-0.2, 0) is 4.79 Å². The first-order valence-corrected chi connectivity index (χ1v) is 4.26. The van der Waals surface area contributed by atoms with Gasteiger partial charge >= 0.3 is 0 Å². The third-order valence-electron chi connectivity index (χ3n) is 2.66. The number of hydrazine groups is 1. The fraction of sp³-hybridized carbons (Fsp3) is 0.875. The van der Waals surface area contributed by atoms with E-state index in [4.69, 9.17) is 5.84 Å². The second kappa shape index (κ2) is 5.38. The molecule has 3 N–H and O–H groups in total. The van der Waals surface area contributed by atoms with Gasteiger partial charge in [-0.25, -0.2) is 5.84 Å². The fourth-order valence-electron chi connectivity index (χ4n) is 1.80. The monoisotopic (exact) mass is 192 g/mol. The van der Waals surface area contributed by atoms with E-state index < -0.39 is 0 Å². The molecule has 12 heavy (non-hydrogen) atoms. The molecule has 4 heteroatoms. The first kappa shape index (κ1) is 11.7. The van der Waals surface area contributed by atoms with Gasteiger partial charge in [-0.1, -0.05) is 19.8 Å². The van der Waals surface area contributed by atoms with Gasteiger partial charge in [0, 0.05) is 5.92 Å². The number of carbonyl (C=O) groups is 1. The lowest BCUT2D eigenvalue weighted by atomic mass is 9.92. The number of nitrogens with two attached hydrogens (primary N) is 1. The van der Waals surface area contributed by atoms with E-state index in [1.165, 1.54) is 25.7 Å². The van der Waals surface area contributed by atoms with Crippen LogP contribution >= 0.6 is 12.4 Å². The second-order valence-corrected chi connectivity index (χ2v) is 3.34. The van der Waals surface area contributed by atoms with E-state index in [1.807, 2.05) is 6.92 Å². The van der Waals surface area contributed by atoms with E-state index in [-0.39, 0.29) is 24.2 Å². The second-order valence-electron chi connectivity index (χ2n) is 3.34. The molecule has 1 aliphatic carbocycles. The van der Waals surface area contributed by atoms with Gasteiger partial charge in [-0.05, 0) is 18.8 Å². The minimum absolute atomic E-state index is 0. The van der Waals surface area contributed by atoms with Gasteiger partial charge in [0.05, 0.1) is 0 Å². The van der Waals surface area contributed by atoms with Gasteiger partial charge in [-0.15, -0.1) is 12.4 Å². The highest BCUT2D eigenvalue weighted by atomic mass is 35.5. The minimum Gasteiger partial charge on any atom is -0.294 e. The molecule has 0 aromatic rings. The molecule has 1 unspecified atom stereocenters. The van der Waals surface area contributed by atoms with Crippen LogP contribution in [0, 0.1) is 11.8 Å². The third kappa shape index (κ3) is 2.64. The van der Waals surface area contributed by atoms with E-state index in [1.54, 1.807) is 0 Å². The summed E-state index contributed by atoms with van der Waals surface area (Å²) in [6, 6.07) is 0. The highest BCUT2D eigenvalue weighted by Crippen LogP contribution is 2.30. The summed E-state index contributed by atoms with van der Waals surface area (Å²) in [4.78, 5) is 11.1. The van der Waals surface area contributed by atoms with Crippen molar-refractivity contribution in [2.24, 2.45) is 17.7 Å². The standard InChI is InChI=1S/C8H16N2O.ClH/c1-6(8(11)10-9)7-4-2-3-5-7;/h6-7H,2-5,9H2,1H3,(H,10,11);1H. The zero-order chi connectivity index (χ0) is 8.27. The van der Waals surface area contributed by atoms with Gasteiger partial charge in [0.2, 0.25) is 5.91 Å². The van der Waals surface area contributed by atoms with Gasteiger partial charge in [-0.2, -0.15) is 0 Å². The van der Waals surface area contributed by atoms with Gasteiger partial charge in [0.15, 0.2) is 0 Å². The lowest BCUT2D eigenvalue weighted by Crippen LogP contribution is -2.37. The molecule has 0 aromatic heterocycles. The van der Waals surface area contributed by atoms with Crippen LogP contribution in [0.5, 0.6) is 0 Å². The van der Waals surface area contributed by atoms with Crippen molar-refractivity contribution in [2.45, 2.75) is 32.6 Å². The molecule has 0 saturated heterocycles. The van der Waals surface area contributed by atoms with E-state index in [2.05, 4.69) is 5.43 Å². The SMILES string of the molecule is CC(C(=O)NN)C1CCCC1.Cl. The van der Waals surface area contributed by atoms with Crippen LogP contribution in [0.4, 0.5) is 0 Å². The Morgan fingerprint density at radius 1 is 1.50 bits per heavy atom. The number of hydrogen-bond acceptors (Lipinski definition) is 2. The van der Waals surface area contributed by atoms with Crippen molar-refractivity contribution in [3.8, 4) is 0 Å². The summed E-state index contributed by atoms with van der Waals surface area (Å²) < 4.78 is 0. The summed E-state index contributed by atoms with van der Waals surface area (Å²) in [7, 11) is 0. The van der Waals surface area contributed by atoms with Crippen molar-refractivity contribution in [1.29, 1.82) is 0 Å². The molecule has 72 valence electrons. The van der Waals surface area contributed by atoms with Crippen LogP contribution in [0.25, 0.3) is 0 Å². The molecule has 3 nitrogen and oxygen atoms in total. The maximum Gasteiger partial charge on any atom is 0.236 e. The highest BCUT2D eigenvalue weighted by Gasteiger charge is 2.25. The average Bonchev–Trinajstić information content (AvgIpc) is 2.53. The van der Waals surface area contributed by atoms with Gasteiger partial charge in [-0.3, -0.25) is 10.2 Å². The Morgan fingerprint density at radius 3 is 2.42 bits per heavy atom. The van der Waals surface area contributed by atoms with Crippen LogP contribution in [0.15, 0.2) is 0 Å². The maximum absolute atomic E-state index is 11.1. The molecule has 0 heterocycles. The van der Waals surface area contributed by atoms with E-state index >= 15 is 0 Å². The molecular formula is C8H17ClN2O. The lowest BCUT2D eigenvalue weighted by molar-refractivity contribution is -0.126. The number of carbonyl (C=O) groups excluding carboxylic acids is 1. The zero-order valence-electron chi connectivity index (χ0n) is 7.38. The molecule has 0 radical (unpaired) electrons. The Bertz CT molecular complexity index is 146. The maximum atomic E-state index is 11.1. The zero-order valence-corrected chi connectivity index (χ0v) is 8.19. The van der Waals surface area contributed by atoms with Crippen molar-refractivity contribution in [2.75, 3.05) is 0 Å². The summed E-state index contributed by atoms with van der Waals surface area (Å²) in [5.41, 5.74) is 2.20.